The lowest BCUT2D eigenvalue weighted by atomic mass is 9.56. The number of benzene rings is 4. The Labute approximate surface area is 244 Å². The highest BCUT2D eigenvalue weighted by atomic mass is 35.5. The lowest BCUT2D eigenvalue weighted by molar-refractivity contribution is -0.123. The molecule has 2 amide bonds. The molecule has 3 atom stereocenters. The Morgan fingerprint density at radius 1 is 0.951 bits per heavy atom. The van der Waals surface area contributed by atoms with Crippen LogP contribution in [-0.2, 0) is 21.6 Å². The summed E-state index contributed by atoms with van der Waals surface area (Å²) < 4.78 is 5.95. The average Bonchev–Trinajstić information content (AvgIpc) is 3.23. The summed E-state index contributed by atoms with van der Waals surface area (Å²) in [5, 5.41) is 11.9. The summed E-state index contributed by atoms with van der Waals surface area (Å²) in [6.45, 7) is 4.39. The molecule has 1 N–H and O–H groups in total. The number of aromatic hydroxyl groups is 1. The average molecular weight is 562 g/mol. The molecule has 4 aromatic rings. The van der Waals surface area contributed by atoms with Crippen molar-refractivity contribution >= 4 is 29.1 Å². The van der Waals surface area contributed by atoms with Gasteiger partial charge in [0.1, 0.15) is 18.1 Å². The minimum absolute atomic E-state index is 0.0225. The van der Waals surface area contributed by atoms with E-state index in [0.29, 0.717) is 40.6 Å². The number of halogens is 1. The topological polar surface area (TPSA) is 66.8 Å². The highest BCUT2D eigenvalue weighted by molar-refractivity contribution is 6.32. The zero-order valence-corrected chi connectivity index (χ0v) is 23.0. The number of fused-ring (bicyclic) bond motifs is 1. The van der Waals surface area contributed by atoms with Crippen molar-refractivity contribution in [3.05, 3.63) is 149 Å². The van der Waals surface area contributed by atoms with Crippen molar-refractivity contribution in [2.75, 3.05) is 4.90 Å². The first-order valence-electron chi connectivity index (χ1n) is 13.5. The summed E-state index contributed by atoms with van der Waals surface area (Å²) in [4.78, 5) is 30.1. The Kier molecular flexibility index (Phi) is 6.98. The third-order valence-corrected chi connectivity index (χ3v) is 8.35. The maximum atomic E-state index is 14.8. The van der Waals surface area contributed by atoms with Gasteiger partial charge in [0.15, 0.2) is 0 Å². The molecule has 2 aliphatic rings. The highest BCUT2D eigenvalue weighted by Crippen LogP contribution is 2.59. The van der Waals surface area contributed by atoms with E-state index in [1.54, 1.807) is 48.5 Å². The van der Waals surface area contributed by atoms with E-state index < -0.39 is 17.3 Å². The van der Waals surface area contributed by atoms with E-state index in [4.69, 9.17) is 16.3 Å². The van der Waals surface area contributed by atoms with Crippen molar-refractivity contribution in [3.8, 4) is 11.5 Å². The number of allylic oxidation sites excluding steroid dienone is 3. The van der Waals surface area contributed by atoms with Crippen LogP contribution in [0.25, 0.3) is 0 Å². The third-order valence-electron chi connectivity index (χ3n) is 8.12. The van der Waals surface area contributed by atoms with Gasteiger partial charge in [-0.1, -0.05) is 103 Å². The number of imide groups is 1. The molecule has 0 bridgehead atoms. The summed E-state index contributed by atoms with van der Waals surface area (Å²) in [7, 11) is 0. The molecule has 6 heteroatoms. The van der Waals surface area contributed by atoms with Crippen LogP contribution in [0, 0.1) is 5.92 Å². The fraction of sp³-hybridized carbons (Fsp3) is 0.143. The van der Waals surface area contributed by atoms with Crippen LogP contribution in [0.5, 0.6) is 11.5 Å². The fourth-order valence-corrected chi connectivity index (χ4v) is 6.50. The first kappa shape index (κ1) is 26.6. The Bertz CT molecular complexity index is 1670. The van der Waals surface area contributed by atoms with Crippen LogP contribution >= 0.6 is 11.6 Å². The maximum Gasteiger partial charge on any atom is 0.246 e. The molecule has 0 spiro atoms. The molecule has 0 saturated carbocycles. The Hall–Kier alpha value is -4.61. The molecule has 1 aliphatic heterocycles. The molecule has 0 unspecified atom stereocenters. The van der Waals surface area contributed by atoms with Gasteiger partial charge in [-0.2, -0.15) is 0 Å². The number of amides is 2. The van der Waals surface area contributed by atoms with Crippen LogP contribution in [-0.4, -0.2) is 16.9 Å². The predicted octanol–water partition coefficient (Wildman–Crippen LogP) is 7.35. The summed E-state index contributed by atoms with van der Waals surface area (Å²) in [6.07, 6.45) is 4.02. The number of hydrogen-bond donors (Lipinski definition) is 1. The maximum absolute atomic E-state index is 14.8. The quantitative estimate of drug-likeness (QED) is 0.240. The zero-order chi connectivity index (χ0) is 28.6. The van der Waals surface area contributed by atoms with Gasteiger partial charge in [-0.3, -0.25) is 9.59 Å². The van der Waals surface area contributed by atoms with Crippen LogP contribution in [0.2, 0.25) is 5.02 Å². The molecule has 1 aliphatic carbocycles. The first-order chi connectivity index (χ1) is 19.9. The minimum atomic E-state index is -1.32. The van der Waals surface area contributed by atoms with Crippen LogP contribution in [0.1, 0.15) is 29.0 Å². The van der Waals surface area contributed by atoms with Crippen molar-refractivity contribution in [1.29, 1.82) is 0 Å². The largest absolute Gasteiger partial charge is 0.508 e. The van der Waals surface area contributed by atoms with Gasteiger partial charge in [0, 0.05) is 22.6 Å². The van der Waals surface area contributed by atoms with E-state index >= 15 is 0 Å². The number of carbonyl (C=O) groups is 2. The fourth-order valence-electron chi connectivity index (χ4n) is 6.32. The van der Waals surface area contributed by atoms with Crippen LogP contribution in [0.15, 0.2) is 127 Å². The van der Waals surface area contributed by atoms with Crippen molar-refractivity contribution in [2.24, 2.45) is 5.92 Å². The third kappa shape index (κ3) is 4.43. The second kappa shape index (κ2) is 10.8. The molecule has 5 nitrogen and oxygen atoms in total. The van der Waals surface area contributed by atoms with Crippen molar-refractivity contribution < 1.29 is 19.4 Å². The molecule has 1 saturated heterocycles. The summed E-state index contributed by atoms with van der Waals surface area (Å²) in [5.74, 6) is -1.56. The number of phenolic OH excluding ortho intramolecular Hbond substituents is 1. The molecule has 0 aromatic heterocycles. The van der Waals surface area contributed by atoms with E-state index in [-0.39, 0.29) is 17.6 Å². The number of hydrogen-bond acceptors (Lipinski definition) is 4. The van der Waals surface area contributed by atoms with Crippen LogP contribution in [0.3, 0.4) is 0 Å². The van der Waals surface area contributed by atoms with Crippen molar-refractivity contribution in [3.63, 3.8) is 0 Å². The zero-order valence-electron chi connectivity index (χ0n) is 22.2. The van der Waals surface area contributed by atoms with Gasteiger partial charge in [0.2, 0.25) is 11.8 Å². The van der Waals surface area contributed by atoms with E-state index in [9.17, 15) is 14.7 Å². The van der Waals surface area contributed by atoms with Gasteiger partial charge in [0.25, 0.3) is 0 Å². The molecule has 4 aromatic carbocycles. The van der Waals surface area contributed by atoms with Crippen LogP contribution in [0.4, 0.5) is 5.69 Å². The smallest absolute Gasteiger partial charge is 0.246 e. The number of phenols is 1. The number of rotatable bonds is 7. The van der Waals surface area contributed by atoms with E-state index in [2.05, 4.69) is 6.58 Å². The first-order valence-corrected chi connectivity index (χ1v) is 13.8. The van der Waals surface area contributed by atoms with Crippen LogP contribution < -0.4 is 9.64 Å². The van der Waals surface area contributed by atoms with Crippen molar-refractivity contribution in [1.82, 2.24) is 0 Å². The molecule has 1 heterocycles. The standard InChI is InChI=1S/C35H28ClNO4/c1-2-24-16-19-30-33(39)37(27-15-9-14-26(36)20-27)34(40)35(30,25-12-7-4-8-13-25)32(24)29-18-17-28(21-31(29)38)41-22-23-10-5-3-6-11-23/h2-18,20-21,30,32,38H,1,19,22H2/t30-,32+,35+/m0/s1. The Morgan fingerprint density at radius 2 is 1.68 bits per heavy atom. The van der Waals surface area contributed by atoms with E-state index in [1.165, 1.54) is 4.90 Å². The number of carbonyl (C=O) groups excluding carboxylic acids is 2. The second-order valence-electron chi connectivity index (χ2n) is 10.3. The lowest BCUT2D eigenvalue weighted by Crippen LogP contribution is -2.48. The molecule has 1 fully saturated rings. The number of anilines is 1. The Morgan fingerprint density at radius 3 is 2.37 bits per heavy atom. The number of ether oxygens (including phenoxy) is 1. The van der Waals surface area contributed by atoms with Gasteiger partial charge in [-0.25, -0.2) is 4.90 Å². The minimum Gasteiger partial charge on any atom is -0.508 e. The molecular formula is C35H28ClNO4. The van der Waals surface area contributed by atoms with Gasteiger partial charge in [-0.15, -0.1) is 0 Å². The molecule has 204 valence electrons. The monoisotopic (exact) mass is 561 g/mol. The lowest BCUT2D eigenvalue weighted by Gasteiger charge is -2.43. The SMILES string of the molecule is C=CC1=CC[C@H]2C(=O)N(c3cccc(Cl)c3)C(=O)[C@@]2(c2ccccc2)[C@H]1c1ccc(OCc2ccccc2)cc1O. The molecular weight excluding hydrogens is 534 g/mol. The van der Waals surface area contributed by atoms with E-state index in [1.807, 2.05) is 66.7 Å². The van der Waals surface area contributed by atoms with Gasteiger partial charge >= 0.3 is 0 Å². The normalized spacial score (nSPS) is 21.8. The van der Waals surface area contributed by atoms with Crippen molar-refractivity contribution in [2.45, 2.75) is 24.4 Å². The molecule has 6 rings (SSSR count). The highest BCUT2D eigenvalue weighted by Gasteiger charge is 2.66. The van der Waals surface area contributed by atoms with E-state index in [0.717, 1.165) is 11.1 Å². The second-order valence-corrected chi connectivity index (χ2v) is 10.8. The molecule has 41 heavy (non-hydrogen) atoms. The summed E-state index contributed by atoms with van der Waals surface area (Å²) >= 11 is 6.28. The summed E-state index contributed by atoms with van der Waals surface area (Å²) in [5.41, 5.74) is 2.10. The number of nitrogens with zero attached hydrogens (tertiary/aromatic N) is 1. The van der Waals surface area contributed by atoms with Gasteiger partial charge in [0.05, 0.1) is 17.0 Å². The Balaban J connectivity index is 1.49. The van der Waals surface area contributed by atoms with Gasteiger partial charge in [-0.05, 0) is 47.4 Å². The molecule has 0 radical (unpaired) electrons. The summed E-state index contributed by atoms with van der Waals surface area (Å²) in [6, 6.07) is 31.0. The predicted molar refractivity (Wildman–Crippen MR) is 160 cm³/mol. The van der Waals surface area contributed by atoms with Gasteiger partial charge < -0.3 is 9.84 Å².